The highest BCUT2D eigenvalue weighted by atomic mass is 16.5. The van der Waals surface area contributed by atoms with Crippen LogP contribution >= 0.6 is 0 Å². The number of aryl methyl sites for hydroxylation is 1. The van der Waals surface area contributed by atoms with E-state index in [-0.39, 0.29) is 23.5 Å². The summed E-state index contributed by atoms with van der Waals surface area (Å²) in [4.78, 5) is 19.2. The van der Waals surface area contributed by atoms with Gasteiger partial charge >= 0.3 is 0 Å². The summed E-state index contributed by atoms with van der Waals surface area (Å²) >= 11 is 0. The maximum atomic E-state index is 14.3. The highest BCUT2D eigenvalue weighted by Crippen LogP contribution is 2.66. The van der Waals surface area contributed by atoms with Crippen molar-refractivity contribution >= 4 is 17.7 Å². The number of fused-ring (bicyclic) bond motifs is 2. The molecule has 2 bridgehead atoms. The van der Waals surface area contributed by atoms with Gasteiger partial charge in [0, 0.05) is 35.2 Å². The number of carbonyl (C=O) groups excluding carboxylic acids is 1. The number of hydrogen-bond acceptors (Lipinski definition) is 3. The fraction of sp³-hybridized carbons (Fsp3) is 0.414. The number of piperidine rings is 2. The van der Waals surface area contributed by atoms with E-state index in [0.717, 1.165) is 36.3 Å². The molecule has 3 saturated heterocycles. The van der Waals surface area contributed by atoms with Gasteiger partial charge in [-0.25, -0.2) is 0 Å². The molecule has 4 heteroatoms. The van der Waals surface area contributed by atoms with Crippen LogP contribution in [0.2, 0.25) is 0 Å². The first-order chi connectivity index (χ1) is 16.2. The third-order valence-corrected chi connectivity index (χ3v) is 9.63. The Kier molecular flexibility index (Phi) is 3.54. The van der Waals surface area contributed by atoms with Crippen LogP contribution in [0.3, 0.4) is 0 Å². The summed E-state index contributed by atoms with van der Waals surface area (Å²) < 4.78 is 6.59. The van der Waals surface area contributed by atoms with Crippen LogP contribution < -0.4 is 4.90 Å². The van der Waals surface area contributed by atoms with Crippen LogP contribution in [0.15, 0.2) is 65.8 Å². The summed E-state index contributed by atoms with van der Waals surface area (Å²) in [5.74, 6) is 0.964. The Labute approximate surface area is 194 Å². The van der Waals surface area contributed by atoms with Crippen LogP contribution in [0.4, 0.5) is 5.69 Å². The van der Waals surface area contributed by atoms with Gasteiger partial charge < -0.3 is 9.64 Å². The predicted octanol–water partition coefficient (Wildman–Crippen LogP) is 4.09. The SMILES string of the molecule is Cc1ccc(/C=C2/C(=O)N3c4ccccc4[C@@]45CCN6CC7=CCO[C@@H]2[C@H]([C@@H]7C[C@@H]64)[C@@H]35)cc1. The van der Waals surface area contributed by atoms with E-state index in [2.05, 4.69) is 77.4 Å². The highest BCUT2D eigenvalue weighted by Gasteiger charge is 2.71. The number of benzene rings is 2. The second-order valence-electron chi connectivity index (χ2n) is 10.9. The number of carbonyl (C=O) groups is 1. The van der Waals surface area contributed by atoms with Gasteiger partial charge in [-0.3, -0.25) is 9.69 Å². The van der Waals surface area contributed by atoms with Gasteiger partial charge in [-0.15, -0.1) is 0 Å². The van der Waals surface area contributed by atoms with Crippen LogP contribution in [0, 0.1) is 18.8 Å². The van der Waals surface area contributed by atoms with E-state index in [1.54, 1.807) is 5.57 Å². The molecule has 4 fully saturated rings. The summed E-state index contributed by atoms with van der Waals surface area (Å²) in [6.07, 6.45) is 6.64. The average molecular weight is 437 g/mol. The molecule has 8 rings (SSSR count). The summed E-state index contributed by atoms with van der Waals surface area (Å²) in [6.45, 7) is 4.91. The molecule has 1 aliphatic carbocycles. The van der Waals surface area contributed by atoms with Crippen molar-refractivity contribution in [3.05, 3.63) is 82.4 Å². The molecule has 2 aromatic carbocycles. The molecular formula is C29H28N2O2. The molecule has 5 aliphatic heterocycles. The van der Waals surface area contributed by atoms with Crippen molar-refractivity contribution in [3.8, 4) is 0 Å². The van der Waals surface area contributed by atoms with E-state index >= 15 is 0 Å². The molecule has 0 aromatic heterocycles. The smallest absolute Gasteiger partial charge is 0.257 e. The van der Waals surface area contributed by atoms with E-state index in [1.807, 2.05) is 0 Å². The Morgan fingerprint density at radius 3 is 2.85 bits per heavy atom. The fourth-order valence-corrected chi connectivity index (χ4v) is 8.43. The van der Waals surface area contributed by atoms with Gasteiger partial charge in [0.2, 0.25) is 0 Å². The maximum Gasteiger partial charge on any atom is 0.257 e. The Morgan fingerprint density at radius 2 is 1.97 bits per heavy atom. The van der Waals surface area contributed by atoms with Gasteiger partial charge in [0.15, 0.2) is 0 Å². The largest absolute Gasteiger partial charge is 0.369 e. The first-order valence-electron chi connectivity index (χ1n) is 12.4. The number of rotatable bonds is 1. The van der Waals surface area contributed by atoms with Gasteiger partial charge in [-0.05, 0) is 55.5 Å². The molecule has 1 saturated carbocycles. The van der Waals surface area contributed by atoms with Gasteiger partial charge in [0.05, 0.1) is 18.8 Å². The third-order valence-electron chi connectivity index (χ3n) is 9.63. The van der Waals surface area contributed by atoms with Gasteiger partial charge in [0.1, 0.15) is 0 Å². The van der Waals surface area contributed by atoms with Crippen LogP contribution in [-0.2, 0) is 14.9 Å². The third kappa shape index (κ3) is 2.17. The van der Waals surface area contributed by atoms with Crippen LogP contribution in [0.25, 0.3) is 6.08 Å². The highest BCUT2D eigenvalue weighted by molar-refractivity contribution is 6.12. The molecule has 5 heterocycles. The number of hydrogen-bond donors (Lipinski definition) is 0. The van der Waals surface area contributed by atoms with Gasteiger partial charge in [-0.1, -0.05) is 59.7 Å². The summed E-state index contributed by atoms with van der Waals surface area (Å²) in [7, 11) is 0. The molecule has 0 unspecified atom stereocenters. The lowest BCUT2D eigenvalue weighted by Gasteiger charge is -2.59. The molecule has 4 nitrogen and oxygen atoms in total. The Bertz CT molecular complexity index is 1260. The van der Waals surface area contributed by atoms with E-state index in [9.17, 15) is 4.79 Å². The summed E-state index contributed by atoms with van der Waals surface area (Å²) in [5, 5.41) is 0. The second-order valence-corrected chi connectivity index (χ2v) is 10.9. The Balaban J connectivity index is 1.38. The van der Waals surface area contributed by atoms with Gasteiger partial charge in [0.25, 0.3) is 5.91 Å². The molecule has 33 heavy (non-hydrogen) atoms. The molecular weight excluding hydrogens is 408 g/mol. The molecule has 2 aromatic rings. The summed E-state index contributed by atoms with van der Waals surface area (Å²) in [5.41, 5.74) is 7.28. The zero-order valence-corrected chi connectivity index (χ0v) is 18.9. The van der Waals surface area contributed by atoms with Crippen LogP contribution in [-0.4, -0.2) is 48.7 Å². The van der Waals surface area contributed by atoms with Crippen LogP contribution in [0.1, 0.15) is 29.5 Å². The van der Waals surface area contributed by atoms with E-state index in [4.69, 9.17) is 4.74 Å². The number of ether oxygens (including phenoxy) is 1. The average Bonchev–Trinajstić information content (AvgIpc) is 3.29. The molecule has 0 radical (unpaired) electrons. The summed E-state index contributed by atoms with van der Waals surface area (Å²) in [6, 6.07) is 18.0. The molecule has 1 spiro atoms. The fourth-order valence-electron chi connectivity index (χ4n) is 8.43. The standard InChI is InChI=1S/C29H28N2O2/c1-17-6-8-18(9-7-17)14-21-26-25-20-15-24-29(11-12-30(24)16-19(20)10-13-33-26)22-4-2-3-5-23(22)31(27(25)29)28(21)32/h2-10,14,20,24-27H,11-13,15-16H2,1H3/b21-14+/t20-,24-,25+,26+,27-,29+/m1/s1. The second kappa shape index (κ2) is 6.25. The zero-order chi connectivity index (χ0) is 21.9. The Hall–Kier alpha value is -2.69. The topological polar surface area (TPSA) is 32.8 Å². The zero-order valence-electron chi connectivity index (χ0n) is 18.9. The van der Waals surface area contributed by atoms with Crippen molar-refractivity contribution in [2.24, 2.45) is 11.8 Å². The molecule has 6 aliphatic rings. The van der Waals surface area contributed by atoms with E-state index < -0.39 is 0 Å². The van der Waals surface area contributed by atoms with Crippen molar-refractivity contribution < 1.29 is 9.53 Å². The maximum absolute atomic E-state index is 14.3. The number of para-hydroxylation sites is 1. The van der Waals surface area contributed by atoms with Crippen LogP contribution in [0.5, 0.6) is 0 Å². The molecule has 1 amide bonds. The number of amides is 1. The minimum absolute atomic E-state index is 0.0420. The molecule has 0 N–H and O–H groups in total. The van der Waals surface area contributed by atoms with Crippen molar-refractivity contribution in [1.29, 1.82) is 0 Å². The van der Waals surface area contributed by atoms with E-state index in [0.29, 0.717) is 24.5 Å². The first-order valence-corrected chi connectivity index (χ1v) is 12.4. The Morgan fingerprint density at radius 1 is 1.12 bits per heavy atom. The number of anilines is 1. The lowest BCUT2D eigenvalue weighted by Crippen LogP contribution is -2.69. The molecule has 166 valence electrons. The predicted molar refractivity (Wildman–Crippen MR) is 128 cm³/mol. The normalized spacial score (nSPS) is 38.9. The molecule has 6 atom stereocenters. The van der Waals surface area contributed by atoms with Gasteiger partial charge in [-0.2, -0.15) is 0 Å². The van der Waals surface area contributed by atoms with Crippen molar-refractivity contribution in [2.45, 2.75) is 43.4 Å². The van der Waals surface area contributed by atoms with Crippen molar-refractivity contribution in [2.75, 3.05) is 24.6 Å². The monoisotopic (exact) mass is 436 g/mol. The van der Waals surface area contributed by atoms with Crippen molar-refractivity contribution in [1.82, 2.24) is 4.90 Å². The minimum Gasteiger partial charge on any atom is -0.369 e. The number of nitrogens with zero attached hydrogens (tertiary/aromatic N) is 2. The quantitative estimate of drug-likeness (QED) is 0.499. The first kappa shape index (κ1) is 18.7. The lowest BCUT2D eigenvalue weighted by atomic mass is 9.53. The van der Waals surface area contributed by atoms with Crippen molar-refractivity contribution in [3.63, 3.8) is 0 Å². The minimum atomic E-state index is -0.141. The van der Waals surface area contributed by atoms with E-state index in [1.165, 1.54) is 17.5 Å². The lowest BCUT2D eigenvalue weighted by molar-refractivity contribution is -0.123.